The van der Waals surface area contributed by atoms with E-state index >= 15 is 0 Å². The molecule has 0 bridgehead atoms. The molecule has 0 spiro atoms. The Hall–Kier alpha value is -1.62. The van der Waals surface area contributed by atoms with E-state index in [1.165, 1.54) is 0 Å². The number of nitrogens with zero attached hydrogens (tertiary/aromatic N) is 1. The summed E-state index contributed by atoms with van der Waals surface area (Å²) in [4.78, 5) is 14.6. The van der Waals surface area contributed by atoms with E-state index in [1.807, 2.05) is 13.0 Å². The standard InChI is InChI=1S/C9H8N2O2S/c1-5-10-7-4-6(11-9(12)13)2-3-8(7)14-5/h2-4,11H,1H3,(H,12,13). The van der Waals surface area contributed by atoms with Gasteiger partial charge in [0.2, 0.25) is 0 Å². The van der Waals surface area contributed by atoms with Crippen LogP contribution in [0.1, 0.15) is 5.01 Å². The van der Waals surface area contributed by atoms with E-state index in [2.05, 4.69) is 10.3 Å². The number of hydrogen-bond acceptors (Lipinski definition) is 3. The molecule has 0 saturated heterocycles. The normalized spacial score (nSPS) is 10.4. The van der Waals surface area contributed by atoms with Crippen LogP contribution in [0.3, 0.4) is 0 Å². The van der Waals surface area contributed by atoms with E-state index < -0.39 is 6.09 Å². The highest BCUT2D eigenvalue weighted by atomic mass is 32.1. The second-order valence-electron chi connectivity index (χ2n) is 2.85. The third kappa shape index (κ3) is 1.67. The minimum atomic E-state index is -1.06. The molecule has 0 atom stereocenters. The molecule has 1 heterocycles. The fourth-order valence-corrected chi connectivity index (χ4v) is 2.05. The van der Waals surface area contributed by atoms with Crippen LogP contribution in [-0.2, 0) is 0 Å². The maximum absolute atomic E-state index is 10.4. The first-order chi connectivity index (χ1) is 6.65. The number of fused-ring (bicyclic) bond motifs is 1. The van der Waals surface area contributed by atoms with E-state index in [1.54, 1.807) is 23.5 Å². The first-order valence-electron chi connectivity index (χ1n) is 4.02. The molecular formula is C9H8N2O2S. The van der Waals surface area contributed by atoms with Gasteiger partial charge in [0.25, 0.3) is 0 Å². The van der Waals surface area contributed by atoms with Crippen molar-refractivity contribution in [2.45, 2.75) is 6.92 Å². The zero-order chi connectivity index (χ0) is 10.1. The molecule has 2 rings (SSSR count). The van der Waals surface area contributed by atoms with Crippen molar-refractivity contribution in [2.24, 2.45) is 0 Å². The minimum absolute atomic E-state index is 0.551. The number of hydrogen-bond donors (Lipinski definition) is 2. The highest BCUT2D eigenvalue weighted by molar-refractivity contribution is 7.18. The Morgan fingerprint density at radius 3 is 3.07 bits per heavy atom. The third-order valence-corrected chi connectivity index (χ3v) is 2.70. The maximum atomic E-state index is 10.4. The van der Waals surface area contributed by atoms with Gasteiger partial charge in [0, 0.05) is 5.69 Å². The number of anilines is 1. The highest BCUT2D eigenvalue weighted by Crippen LogP contribution is 2.24. The molecule has 5 heteroatoms. The van der Waals surface area contributed by atoms with Crippen LogP contribution in [0.2, 0.25) is 0 Å². The van der Waals surface area contributed by atoms with Crippen molar-refractivity contribution >= 4 is 33.3 Å². The number of nitrogens with one attached hydrogen (secondary N) is 1. The van der Waals surface area contributed by atoms with Crippen molar-refractivity contribution in [1.29, 1.82) is 0 Å². The van der Waals surface area contributed by atoms with Crippen LogP contribution in [0.4, 0.5) is 10.5 Å². The van der Waals surface area contributed by atoms with Crippen molar-refractivity contribution in [2.75, 3.05) is 5.32 Å². The molecule has 0 aliphatic rings. The lowest BCUT2D eigenvalue weighted by Gasteiger charge is -1.98. The van der Waals surface area contributed by atoms with Gasteiger partial charge in [-0.3, -0.25) is 5.32 Å². The first kappa shape index (κ1) is 8.96. The lowest BCUT2D eigenvalue weighted by molar-refractivity contribution is 0.210. The van der Waals surface area contributed by atoms with Gasteiger partial charge in [-0.1, -0.05) is 0 Å². The largest absolute Gasteiger partial charge is 0.465 e. The molecule has 0 fully saturated rings. The number of rotatable bonds is 1. The van der Waals surface area contributed by atoms with Crippen molar-refractivity contribution in [3.63, 3.8) is 0 Å². The summed E-state index contributed by atoms with van der Waals surface area (Å²) in [6.45, 7) is 1.93. The Morgan fingerprint density at radius 1 is 1.57 bits per heavy atom. The third-order valence-electron chi connectivity index (χ3n) is 1.75. The predicted octanol–water partition coefficient (Wildman–Crippen LogP) is 2.69. The molecule has 0 aliphatic heterocycles. The van der Waals surface area contributed by atoms with Crippen molar-refractivity contribution < 1.29 is 9.90 Å². The van der Waals surface area contributed by atoms with Gasteiger partial charge in [-0.2, -0.15) is 0 Å². The summed E-state index contributed by atoms with van der Waals surface area (Å²) in [5.41, 5.74) is 1.38. The lowest BCUT2D eigenvalue weighted by Crippen LogP contribution is -2.06. The van der Waals surface area contributed by atoms with Gasteiger partial charge < -0.3 is 5.11 Å². The average molecular weight is 208 g/mol. The molecule has 14 heavy (non-hydrogen) atoms. The summed E-state index contributed by atoms with van der Waals surface area (Å²) < 4.78 is 1.07. The number of aryl methyl sites for hydroxylation is 1. The van der Waals surface area contributed by atoms with Crippen LogP contribution in [0.25, 0.3) is 10.2 Å². The Labute approximate surface area is 84.2 Å². The molecular weight excluding hydrogens is 200 g/mol. The van der Waals surface area contributed by atoms with Gasteiger partial charge in [-0.05, 0) is 25.1 Å². The van der Waals surface area contributed by atoms with Gasteiger partial charge in [-0.15, -0.1) is 11.3 Å². The summed E-state index contributed by atoms with van der Waals surface area (Å²) in [5.74, 6) is 0. The van der Waals surface area contributed by atoms with Crippen LogP contribution in [-0.4, -0.2) is 16.2 Å². The molecule has 1 aromatic heterocycles. The van der Waals surface area contributed by atoms with Crippen molar-refractivity contribution in [3.8, 4) is 0 Å². The molecule has 72 valence electrons. The molecule has 0 unspecified atom stereocenters. The second kappa shape index (κ2) is 3.26. The first-order valence-corrected chi connectivity index (χ1v) is 4.84. The fraction of sp³-hybridized carbons (Fsp3) is 0.111. The molecule has 2 N–H and O–H groups in total. The van der Waals surface area contributed by atoms with E-state index in [-0.39, 0.29) is 0 Å². The van der Waals surface area contributed by atoms with Crippen molar-refractivity contribution in [3.05, 3.63) is 23.2 Å². The zero-order valence-electron chi connectivity index (χ0n) is 7.44. The van der Waals surface area contributed by atoms with Gasteiger partial charge in [0.05, 0.1) is 15.2 Å². The van der Waals surface area contributed by atoms with E-state index in [9.17, 15) is 4.79 Å². The summed E-state index contributed by atoms with van der Waals surface area (Å²) >= 11 is 1.59. The monoisotopic (exact) mass is 208 g/mol. The average Bonchev–Trinajstić information content (AvgIpc) is 2.42. The highest BCUT2D eigenvalue weighted by Gasteiger charge is 2.02. The number of carboxylic acid groups (broad SMARTS) is 1. The summed E-state index contributed by atoms with van der Waals surface area (Å²) in [7, 11) is 0. The van der Waals surface area contributed by atoms with Crippen LogP contribution < -0.4 is 5.32 Å². The summed E-state index contributed by atoms with van der Waals surface area (Å²) in [6.07, 6.45) is -1.06. The second-order valence-corrected chi connectivity index (χ2v) is 4.08. The van der Waals surface area contributed by atoms with Crippen LogP contribution in [0.5, 0.6) is 0 Å². The topological polar surface area (TPSA) is 62.2 Å². The Balaban J connectivity index is 2.45. The maximum Gasteiger partial charge on any atom is 0.409 e. The smallest absolute Gasteiger partial charge is 0.409 e. The SMILES string of the molecule is Cc1nc2cc(NC(=O)O)ccc2s1. The molecule has 1 aromatic carbocycles. The molecule has 4 nitrogen and oxygen atoms in total. The number of aromatic nitrogens is 1. The van der Waals surface area contributed by atoms with E-state index in [0.29, 0.717) is 5.69 Å². The molecule has 0 radical (unpaired) electrons. The van der Waals surface area contributed by atoms with E-state index in [4.69, 9.17) is 5.11 Å². The van der Waals surface area contributed by atoms with Gasteiger partial charge in [0.1, 0.15) is 0 Å². The zero-order valence-corrected chi connectivity index (χ0v) is 8.26. The quantitative estimate of drug-likeness (QED) is 0.757. The number of amides is 1. The summed E-state index contributed by atoms with van der Waals surface area (Å²) in [5, 5.41) is 11.8. The molecule has 0 aliphatic carbocycles. The number of thiazole rings is 1. The Bertz CT molecular complexity index is 493. The van der Waals surface area contributed by atoms with Crippen LogP contribution in [0.15, 0.2) is 18.2 Å². The van der Waals surface area contributed by atoms with Crippen LogP contribution in [0, 0.1) is 6.92 Å². The van der Waals surface area contributed by atoms with Gasteiger partial charge in [0.15, 0.2) is 0 Å². The molecule has 2 aromatic rings. The Kier molecular flexibility index (Phi) is 2.09. The molecule has 1 amide bonds. The minimum Gasteiger partial charge on any atom is -0.465 e. The van der Waals surface area contributed by atoms with Crippen LogP contribution >= 0.6 is 11.3 Å². The predicted molar refractivity (Wildman–Crippen MR) is 56.0 cm³/mol. The lowest BCUT2D eigenvalue weighted by atomic mass is 10.3. The fourth-order valence-electron chi connectivity index (χ4n) is 1.24. The number of benzene rings is 1. The summed E-state index contributed by atoms with van der Waals surface area (Å²) in [6, 6.07) is 5.33. The number of carbonyl (C=O) groups is 1. The molecule has 0 saturated carbocycles. The van der Waals surface area contributed by atoms with Gasteiger partial charge >= 0.3 is 6.09 Å². The van der Waals surface area contributed by atoms with Gasteiger partial charge in [-0.25, -0.2) is 9.78 Å². The van der Waals surface area contributed by atoms with E-state index in [0.717, 1.165) is 15.2 Å². The Morgan fingerprint density at radius 2 is 2.36 bits per heavy atom. The van der Waals surface area contributed by atoms with Crippen molar-refractivity contribution in [1.82, 2.24) is 4.98 Å².